The molecular formula is C15H20N4O2. The van der Waals surface area contributed by atoms with Crippen LogP contribution < -0.4 is 5.32 Å². The fourth-order valence-corrected chi connectivity index (χ4v) is 3.23. The molecule has 1 aromatic heterocycles. The minimum Gasteiger partial charge on any atom is -0.339 e. The van der Waals surface area contributed by atoms with Crippen LogP contribution in [0.1, 0.15) is 38.5 Å². The lowest BCUT2D eigenvalue weighted by Crippen LogP contribution is -2.38. The first-order valence-corrected chi connectivity index (χ1v) is 7.61. The number of hydrogen-bond acceptors (Lipinski definition) is 4. The van der Waals surface area contributed by atoms with E-state index in [0.29, 0.717) is 25.0 Å². The van der Waals surface area contributed by atoms with Gasteiger partial charge in [-0.25, -0.2) is 9.97 Å². The molecule has 1 atom stereocenters. The van der Waals surface area contributed by atoms with Crippen LogP contribution in [0.25, 0.3) is 0 Å². The third-order valence-electron chi connectivity index (χ3n) is 4.35. The molecule has 21 heavy (non-hydrogen) atoms. The van der Waals surface area contributed by atoms with Gasteiger partial charge in [-0.3, -0.25) is 14.9 Å². The van der Waals surface area contributed by atoms with Crippen molar-refractivity contribution in [2.45, 2.75) is 44.6 Å². The molecule has 1 saturated heterocycles. The van der Waals surface area contributed by atoms with Gasteiger partial charge in [-0.15, -0.1) is 0 Å². The molecule has 2 heterocycles. The second-order valence-corrected chi connectivity index (χ2v) is 5.80. The predicted molar refractivity (Wildman–Crippen MR) is 77.4 cm³/mol. The Balaban J connectivity index is 1.60. The van der Waals surface area contributed by atoms with Gasteiger partial charge in [0.1, 0.15) is 0 Å². The highest BCUT2D eigenvalue weighted by Gasteiger charge is 2.38. The van der Waals surface area contributed by atoms with Gasteiger partial charge in [0, 0.05) is 31.4 Å². The molecule has 6 heteroatoms. The number of amides is 2. The van der Waals surface area contributed by atoms with Crippen LogP contribution in [0.2, 0.25) is 0 Å². The third kappa shape index (κ3) is 3.20. The summed E-state index contributed by atoms with van der Waals surface area (Å²) in [6.07, 6.45) is 9.23. The Hall–Kier alpha value is -1.98. The van der Waals surface area contributed by atoms with Crippen LogP contribution in [0.5, 0.6) is 0 Å². The van der Waals surface area contributed by atoms with Crippen LogP contribution in [0.4, 0.5) is 5.95 Å². The number of nitrogens with one attached hydrogen (secondary N) is 1. The molecule has 112 valence electrons. The lowest BCUT2D eigenvalue weighted by Gasteiger charge is -2.31. The molecule has 1 N–H and O–H groups in total. The first-order valence-electron chi connectivity index (χ1n) is 7.61. The Morgan fingerprint density at radius 3 is 2.62 bits per heavy atom. The fraction of sp³-hybridized carbons (Fsp3) is 0.600. The number of anilines is 1. The molecule has 2 amide bonds. The van der Waals surface area contributed by atoms with E-state index in [0.717, 1.165) is 12.8 Å². The van der Waals surface area contributed by atoms with Crippen LogP contribution in [0.3, 0.4) is 0 Å². The summed E-state index contributed by atoms with van der Waals surface area (Å²) < 4.78 is 0. The van der Waals surface area contributed by atoms with Crippen molar-refractivity contribution in [1.29, 1.82) is 0 Å². The zero-order valence-electron chi connectivity index (χ0n) is 12.0. The van der Waals surface area contributed by atoms with Gasteiger partial charge in [-0.1, -0.05) is 19.3 Å². The second kappa shape index (κ2) is 6.20. The fourth-order valence-electron chi connectivity index (χ4n) is 3.23. The molecule has 0 radical (unpaired) electrons. The molecule has 1 aliphatic carbocycles. The summed E-state index contributed by atoms with van der Waals surface area (Å²) in [5.41, 5.74) is 0. The summed E-state index contributed by atoms with van der Waals surface area (Å²) in [5, 5.41) is 2.69. The predicted octanol–water partition coefficient (Wildman–Crippen LogP) is 1.60. The van der Waals surface area contributed by atoms with Crippen LogP contribution in [-0.2, 0) is 9.59 Å². The topological polar surface area (TPSA) is 75.2 Å². The van der Waals surface area contributed by atoms with E-state index in [1.807, 2.05) is 4.90 Å². The van der Waals surface area contributed by atoms with Gasteiger partial charge in [0.15, 0.2) is 0 Å². The summed E-state index contributed by atoms with van der Waals surface area (Å²) in [7, 11) is 0. The van der Waals surface area contributed by atoms with Crippen molar-refractivity contribution < 1.29 is 9.59 Å². The van der Waals surface area contributed by atoms with Crippen molar-refractivity contribution in [1.82, 2.24) is 14.9 Å². The molecule has 2 fully saturated rings. The van der Waals surface area contributed by atoms with Gasteiger partial charge in [0.05, 0.1) is 5.92 Å². The zero-order chi connectivity index (χ0) is 14.7. The van der Waals surface area contributed by atoms with Crippen molar-refractivity contribution in [2.24, 2.45) is 5.92 Å². The molecule has 1 aliphatic heterocycles. The van der Waals surface area contributed by atoms with Crippen molar-refractivity contribution in [3.05, 3.63) is 18.5 Å². The largest absolute Gasteiger partial charge is 0.339 e. The number of aromatic nitrogens is 2. The number of rotatable bonds is 3. The van der Waals surface area contributed by atoms with E-state index < -0.39 is 0 Å². The molecular weight excluding hydrogens is 268 g/mol. The maximum Gasteiger partial charge on any atom is 0.232 e. The minimum atomic E-state index is -0.289. The van der Waals surface area contributed by atoms with Crippen LogP contribution in [0, 0.1) is 5.92 Å². The Morgan fingerprint density at radius 2 is 1.90 bits per heavy atom. The normalized spacial score (nSPS) is 23.3. The molecule has 0 aromatic carbocycles. The third-order valence-corrected chi connectivity index (χ3v) is 4.35. The molecule has 2 aliphatic rings. The SMILES string of the molecule is O=C(Nc1ncccn1)C1CC(=O)N(C2CCCCC2)C1. The van der Waals surface area contributed by atoms with Gasteiger partial charge in [-0.2, -0.15) is 0 Å². The highest BCUT2D eigenvalue weighted by atomic mass is 16.2. The highest BCUT2D eigenvalue weighted by Crippen LogP contribution is 2.28. The van der Waals surface area contributed by atoms with Gasteiger partial charge in [0.2, 0.25) is 17.8 Å². The first kappa shape index (κ1) is 14.0. The Labute approximate surface area is 124 Å². The van der Waals surface area contributed by atoms with E-state index in [9.17, 15) is 9.59 Å². The van der Waals surface area contributed by atoms with E-state index in [1.54, 1.807) is 18.5 Å². The standard InChI is InChI=1S/C15H20N4O2/c20-13-9-11(10-19(13)12-5-2-1-3-6-12)14(21)18-15-16-7-4-8-17-15/h4,7-8,11-12H,1-3,5-6,9-10H2,(H,16,17,18,21). The lowest BCUT2D eigenvalue weighted by atomic mass is 9.94. The van der Waals surface area contributed by atoms with E-state index in [1.165, 1.54) is 19.3 Å². The molecule has 3 rings (SSSR count). The molecule has 1 saturated carbocycles. The molecule has 1 unspecified atom stereocenters. The van der Waals surface area contributed by atoms with E-state index in [2.05, 4.69) is 15.3 Å². The van der Waals surface area contributed by atoms with Crippen LogP contribution in [0.15, 0.2) is 18.5 Å². The first-order chi connectivity index (χ1) is 10.2. The van der Waals surface area contributed by atoms with E-state index >= 15 is 0 Å². The van der Waals surface area contributed by atoms with Gasteiger partial charge < -0.3 is 4.90 Å². The summed E-state index contributed by atoms with van der Waals surface area (Å²) in [6.45, 7) is 0.530. The monoisotopic (exact) mass is 288 g/mol. The second-order valence-electron chi connectivity index (χ2n) is 5.80. The van der Waals surface area contributed by atoms with Crippen molar-refractivity contribution >= 4 is 17.8 Å². The highest BCUT2D eigenvalue weighted by molar-refractivity contribution is 5.96. The van der Waals surface area contributed by atoms with Gasteiger partial charge in [0.25, 0.3) is 0 Å². The minimum absolute atomic E-state index is 0.107. The Kier molecular flexibility index (Phi) is 4.13. The summed E-state index contributed by atoms with van der Waals surface area (Å²) in [6, 6.07) is 2.02. The average Bonchev–Trinajstić information content (AvgIpc) is 2.91. The molecule has 0 spiro atoms. The van der Waals surface area contributed by atoms with E-state index in [-0.39, 0.29) is 17.7 Å². The van der Waals surface area contributed by atoms with Gasteiger partial charge in [-0.05, 0) is 18.9 Å². The average molecular weight is 288 g/mol. The summed E-state index contributed by atoms with van der Waals surface area (Å²) in [4.78, 5) is 34.2. The zero-order valence-corrected chi connectivity index (χ0v) is 12.0. The van der Waals surface area contributed by atoms with Crippen molar-refractivity contribution in [3.8, 4) is 0 Å². The van der Waals surface area contributed by atoms with Crippen LogP contribution >= 0.6 is 0 Å². The van der Waals surface area contributed by atoms with Crippen LogP contribution in [-0.4, -0.2) is 39.3 Å². The molecule has 0 bridgehead atoms. The summed E-state index contributed by atoms with van der Waals surface area (Å²) >= 11 is 0. The molecule has 6 nitrogen and oxygen atoms in total. The number of likely N-dealkylation sites (tertiary alicyclic amines) is 1. The molecule has 1 aromatic rings. The van der Waals surface area contributed by atoms with Crippen molar-refractivity contribution in [2.75, 3.05) is 11.9 Å². The Morgan fingerprint density at radius 1 is 1.19 bits per heavy atom. The summed E-state index contributed by atoms with van der Waals surface area (Å²) in [5.74, 6) is -0.0433. The van der Waals surface area contributed by atoms with Gasteiger partial charge >= 0.3 is 0 Å². The number of hydrogen-bond donors (Lipinski definition) is 1. The number of carbonyl (C=O) groups is 2. The van der Waals surface area contributed by atoms with E-state index in [4.69, 9.17) is 0 Å². The quantitative estimate of drug-likeness (QED) is 0.916. The smallest absolute Gasteiger partial charge is 0.232 e. The lowest BCUT2D eigenvalue weighted by molar-refractivity contribution is -0.130. The maximum absolute atomic E-state index is 12.2. The number of nitrogens with zero attached hydrogens (tertiary/aromatic N) is 3. The Bertz CT molecular complexity index is 514. The number of carbonyl (C=O) groups excluding carboxylic acids is 2. The van der Waals surface area contributed by atoms with Crippen molar-refractivity contribution in [3.63, 3.8) is 0 Å². The maximum atomic E-state index is 12.2.